The second kappa shape index (κ2) is 11.3. The fourth-order valence-corrected chi connectivity index (χ4v) is 2.86. The van der Waals surface area contributed by atoms with E-state index in [2.05, 4.69) is 15.8 Å². The van der Waals surface area contributed by atoms with Crippen molar-refractivity contribution < 1.29 is 28.6 Å². The third-order valence-electron chi connectivity index (χ3n) is 4.67. The van der Waals surface area contributed by atoms with Gasteiger partial charge >= 0.3 is 17.8 Å². The molecule has 3 aromatic carbocycles. The molecule has 0 radical (unpaired) electrons. The summed E-state index contributed by atoms with van der Waals surface area (Å²) in [6.45, 7) is 1.66. The van der Waals surface area contributed by atoms with Crippen LogP contribution in [-0.4, -0.2) is 37.7 Å². The van der Waals surface area contributed by atoms with Gasteiger partial charge in [-0.2, -0.15) is 5.10 Å². The molecule has 9 heteroatoms. The predicted octanol–water partition coefficient (Wildman–Crippen LogP) is 3.40. The number of hydrogen-bond acceptors (Lipinski definition) is 7. The number of hydrazone groups is 1. The van der Waals surface area contributed by atoms with Crippen LogP contribution < -0.4 is 25.0 Å². The molecule has 174 valence electrons. The Morgan fingerprint density at radius 1 is 0.765 bits per heavy atom. The Balaban J connectivity index is 1.58. The first kappa shape index (κ1) is 24.0. The lowest BCUT2D eigenvalue weighted by molar-refractivity contribution is -0.136. The average Bonchev–Trinajstić information content (AvgIpc) is 2.87. The maximum atomic E-state index is 12.3. The Morgan fingerprint density at radius 2 is 1.50 bits per heavy atom. The number of anilines is 1. The van der Waals surface area contributed by atoms with Crippen molar-refractivity contribution in [3.63, 3.8) is 0 Å². The quantitative estimate of drug-likeness (QED) is 0.183. The molecule has 0 heterocycles. The number of esters is 1. The zero-order chi connectivity index (χ0) is 24.5. The molecule has 0 fully saturated rings. The number of ether oxygens (including phenoxy) is 3. The summed E-state index contributed by atoms with van der Waals surface area (Å²) in [5.41, 5.74) is 4.05. The van der Waals surface area contributed by atoms with E-state index >= 15 is 0 Å². The minimum atomic E-state index is -0.936. The van der Waals surface area contributed by atoms with Gasteiger partial charge in [-0.25, -0.2) is 10.2 Å². The third kappa shape index (κ3) is 6.19. The van der Waals surface area contributed by atoms with Crippen LogP contribution in [0.5, 0.6) is 17.2 Å². The van der Waals surface area contributed by atoms with Crippen LogP contribution in [0.2, 0.25) is 0 Å². The van der Waals surface area contributed by atoms with Crippen LogP contribution in [0.4, 0.5) is 5.69 Å². The van der Waals surface area contributed by atoms with Gasteiger partial charge in [0.1, 0.15) is 17.2 Å². The van der Waals surface area contributed by atoms with Gasteiger partial charge in [-0.05, 0) is 67.1 Å². The van der Waals surface area contributed by atoms with E-state index in [-0.39, 0.29) is 0 Å². The highest BCUT2D eigenvalue weighted by Gasteiger charge is 2.15. The van der Waals surface area contributed by atoms with E-state index in [0.29, 0.717) is 39.8 Å². The number of hydrogen-bond donors (Lipinski definition) is 2. The lowest BCUT2D eigenvalue weighted by Crippen LogP contribution is -2.33. The maximum absolute atomic E-state index is 12.3. The van der Waals surface area contributed by atoms with Gasteiger partial charge < -0.3 is 19.5 Å². The lowest BCUT2D eigenvalue weighted by atomic mass is 10.1. The van der Waals surface area contributed by atoms with E-state index in [1.165, 1.54) is 14.2 Å². The summed E-state index contributed by atoms with van der Waals surface area (Å²) >= 11 is 0. The number of rotatable bonds is 7. The lowest BCUT2D eigenvalue weighted by Gasteiger charge is -2.09. The normalized spacial score (nSPS) is 10.7. The van der Waals surface area contributed by atoms with Crippen molar-refractivity contribution in [3.8, 4) is 17.2 Å². The molecule has 0 atom stereocenters. The first-order valence-corrected chi connectivity index (χ1v) is 10.2. The molecular formula is C25H23N3O6. The molecule has 0 aliphatic rings. The molecule has 0 saturated heterocycles. The van der Waals surface area contributed by atoms with E-state index in [1.807, 2.05) is 0 Å². The van der Waals surface area contributed by atoms with Crippen LogP contribution in [-0.2, 0) is 9.59 Å². The molecule has 2 N–H and O–H groups in total. The van der Waals surface area contributed by atoms with E-state index in [9.17, 15) is 14.4 Å². The van der Waals surface area contributed by atoms with Gasteiger partial charge in [-0.1, -0.05) is 18.2 Å². The van der Waals surface area contributed by atoms with Crippen LogP contribution in [0.1, 0.15) is 22.8 Å². The van der Waals surface area contributed by atoms with Crippen molar-refractivity contribution >= 4 is 29.2 Å². The van der Waals surface area contributed by atoms with Crippen LogP contribution in [0, 0.1) is 0 Å². The second-order valence-corrected chi connectivity index (χ2v) is 6.94. The SMILES string of the molecule is COc1cccc(C(=O)Oc2ccc(C(C)=NNC(=O)C(=O)Nc3ccccc3OC)cc2)c1. The zero-order valence-corrected chi connectivity index (χ0v) is 18.8. The summed E-state index contributed by atoms with van der Waals surface area (Å²) in [5, 5.41) is 6.43. The van der Waals surface area contributed by atoms with Crippen molar-refractivity contribution in [3.05, 3.63) is 83.9 Å². The van der Waals surface area contributed by atoms with E-state index < -0.39 is 17.8 Å². The summed E-state index contributed by atoms with van der Waals surface area (Å²) < 4.78 is 15.6. The number of carbonyl (C=O) groups excluding carboxylic acids is 3. The zero-order valence-electron chi connectivity index (χ0n) is 18.8. The van der Waals surface area contributed by atoms with Crippen molar-refractivity contribution in [1.82, 2.24) is 5.43 Å². The highest BCUT2D eigenvalue weighted by atomic mass is 16.5. The average molecular weight is 461 g/mol. The number of amides is 2. The summed E-state index contributed by atoms with van der Waals surface area (Å²) in [6, 6.07) is 19.9. The molecule has 34 heavy (non-hydrogen) atoms. The molecule has 3 aromatic rings. The third-order valence-corrected chi connectivity index (χ3v) is 4.67. The largest absolute Gasteiger partial charge is 0.497 e. The van der Waals surface area contributed by atoms with Gasteiger partial charge in [0.15, 0.2) is 0 Å². The molecule has 0 bridgehead atoms. The smallest absolute Gasteiger partial charge is 0.343 e. The maximum Gasteiger partial charge on any atom is 0.343 e. The highest BCUT2D eigenvalue weighted by Crippen LogP contribution is 2.22. The summed E-state index contributed by atoms with van der Waals surface area (Å²) in [6.07, 6.45) is 0. The van der Waals surface area contributed by atoms with Crippen molar-refractivity contribution in [1.29, 1.82) is 0 Å². The number of para-hydroxylation sites is 2. The van der Waals surface area contributed by atoms with Crippen molar-refractivity contribution in [2.24, 2.45) is 5.10 Å². The predicted molar refractivity (Wildman–Crippen MR) is 126 cm³/mol. The van der Waals surface area contributed by atoms with Crippen molar-refractivity contribution in [2.45, 2.75) is 6.92 Å². The molecule has 0 unspecified atom stereocenters. The van der Waals surface area contributed by atoms with E-state index in [1.54, 1.807) is 79.7 Å². The molecule has 0 spiro atoms. The first-order chi connectivity index (χ1) is 16.4. The molecular weight excluding hydrogens is 438 g/mol. The van der Waals surface area contributed by atoms with Crippen LogP contribution in [0.3, 0.4) is 0 Å². The van der Waals surface area contributed by atoms with E-state index in [4.69, 9.17) is 14.2 Å². The van der Waals surface area contributed by atoms with Gasteiger partial charge in [0.2, 0.25) is 0 Å². The monoisotopic (exact) mass is 461 g/mol. The summed E-state index contributed by atoms with van der Waals surface area (Å²) in [5.74, 6) is -1.03. The molecule has 0 aliphatic carbocycles. The fourth-order valence-electron chi connectivity index (χ4n) is 2.86. The molecule has 3 rings (SSSR count). The van der Waals surface area contributed by atoms with Gasteiger partial charge in [0.05, 0.1) is 31.2 Å². The number of nitrogens with zero attached hydrogens (tertiary/aromatic N) is 1. The Hall–Kier alpha value is -4.66. The van der Waals surface area contributed by atoms with Gasteiger partial charge in [0.25, 0.3) is 0 Å². The van der Waals surface area contributed by atoms with Gasteiger partial charge in [-0.3, -0.25) is 9.59 Å². The standard InChI is InChI=1S/C25H23N3O6/c1-16(27-28-24(30)23(29)26-21-9-4-5-10-22(21)33-3)17-11-13-19(14-12-17)34-25(31)18-7-6-8-20(15-18)32-2/h4-15H,1-3H3,(H,26,29)(H,28,30). The topological polar surface area (TPSA) is 115 Å². The first-order valence-electron chi connectivity index (χ1n) is 10.2. The Morgan fingerprint density at radius 3 is 2.21 bits per heavy atom. The Bertz CT molecular complexity index is 1220. The highest BCUT2D eigenvalue weighted by molar-refractivity contribution is 6.39. The second-order valence-electron chi connectivity index (χ2n) is 6.94. The number of methoxy groups -OCH3 is 2. The molecule has 0 aromatic heterocycles. The molecule has 0 aliphatic heterocycles. The summed E-state index contributed by atoms with van der Waals surface area (Å²) in [4.78, 5) is 36.6. The molecule has 0 saturated carbocycles. The number of nitrogens with one attached hydrogen (secondary N) is 2. The molecule has 9 nitrogen and oxygen atoms in total. The number of benzene rings is 3. The van der Waals surface area contributed by atoms with Gasteiger partial charge in [-0.15, -0.1) is 0 Å². The fraction of sp³-hybridized carbons (Fsp3) is 0.120. The Kier molecular flexibility index (Phi) is 7.96. The minimum absolute atomic E-state index is 0.338. The van der Waals surface area contributed by atoms with Crippen LogP contribution in [0.15, 0.2) is 77.9 Å². The van der Waals surface area contributed by atoms with Gasteiger partial charge in [0, 0.05) is 0 Å². The Labute approximate surface area is 196 Å². The van der Waals surface area contributed by atoms with Crippen LogP contribution >= 0.6 is 0 Å². The summed E-state index contributed by atoms with van der Waals surface area (Å²) in [7, 11) is 2.98. The number of carbonyl (C=O) groups is 3. The van der Waals surface area contributed by atoms with Crippen LogP contribution in [0.25, 0.3) is 0 Å². The minimum Gasteiger partial charge on any atom is -0.497 e. The van der Waals surface area contributed by atoms with Crippen molar-refractivity contribution in [2.75, 3.05) is 19.5 Å². The van der Waals surface area contributed by atoms with E-state index in [0.717, 1.165) is 0 Å². The molecule has 2 amide bonds.